The number of carbonyl (C=O) groups excluding carboxylic acids is 1. The van der Waals surface area contributed by atoms with Gasteiger partial charge >= 0.3 is 5.97 Å². The Bertz CT molecular complexity index is 459. The van der Waals surface area contributed by atoms with E-state index in [-0.39, 0.29) is 24.2 Å². The Kier molecular flexibility index (Phi) is 6.38. The number of aliphatic carboxylic acids is 1. The van der Waals surface area contributed by atoms with Crippen LogP contribution in [0.5, 0.6) is 5.75 Å². The van der Waals surface area contributed by atoms with Crippen molar-refractivity contribution in [2.75, 3.05) is 19.4 Å². The van der Waals surface area contributed by atoms with Gasteiger partial charge in [-0.15, -0.1) is 11.8 Å². The van der Waals surface area contributed by atoms with E-state index in [1.165, 1.54) is 16.7 Å². The summed E-state index contributed by atoms with van der Waals surface area (Å²) in [5.74, 6) is -0.197. The minimum absolute atomic E-state index is 0.130. The second kappa shape index (κ2) is 7.79. The van der Waals surface area contributed by atoms with Gasteiger partial charge in [0.2, 0.25) is 5.91 Å². The summed E-state index contributed by atoms with van der Waals surface area (Å²) in [5.41, 5.74) is 0. The number of ether oxygens (including phenoxy) is 1. The number of nitrogens with zero attached hydrogens (tertiary/aromatic N) is 1. The molecule has 0 radical (unpaired) electrons. The summed E-state index contributed by atoms with van der Waals surface area (Å²) in [6.07, 6.45) is 0. The molecule has 0 unspecified atom stereocenters. The third-order valence-electron chi connectivity index (χ3n) is 2.67. The molecule has 1 aromatic rings. The van der Waals surface area contributed by atoms with Gasteiger partial charge in [-0.05, 0) is 38.1 Å². The fraction of sp³-hybridized carbons (Fsp3) is 0.429. The van der Waals surface area contributed by atoms with Crippen LogP contribution in [0.1, 0.15) is 13.8 Å². The average Bonchev–Trinajstić information content (AvgIpc) is 2.42. The van der Waals surface area contributed by atoms with Gasteiger partial charge in [0.1, 0.15) is 12.3 Å². The lowest BCUT2D eigenvalue weighted by molar-refractivity contribution is -0.144. The molecule has 1 aromatic carbocycles. The molecule has 5 nitrogen and oxygen atoms in total. The number of thioether (sulfide) groups is 1. The molecule has 0 aliphatic heterocycles. The Labute approximate surface area is 122 Å². The quantitative estimate of drug-likeness (QED) is 0.781. The highest BCUT2D eigenvalue weighted by Crippen LogP contribution is 2.21. The smallest absolute Gasteiger partial charge is 0.323 e. The summed E-state index contributed by atoms with van der Waals surface area (Å²) in [6.45, 7) is 3.34. The highest BCUT2D eigenvalue weighted by molar-refractivity contribution is 8.00. The lowest BCUT2D eigenvalue weighted by Gasteiger charge is -2.24. The third-order valence-corrected chi connectivity index (χ3v) is 3.67. The standard InChI is InChI=1S/C14H19NO4S/c1-10(2)15(8-14(17)18)13(16)9-20-12-6-4-11(19-3)5-7-12/h4-7,10H,8-9H2,1-3H3,(H,17,18). The van der Waals surface area contributed by atoms with Gasteiger partial charge in [0.05, 0.1) is 12.9 Å². The summed E-state index contributed by atoms with van der Waals surface area (Å²) in [5, 5.41) is 8.81. The summed E-state index contributed by atoms with van der Waals surface area (Å²) in [4.78, 5) is 25.1. The van der Waals surface area contributed by atoms with E-state index in [2.05, 4.69) is 0 Å². The molecule has 1 N–H and O–H groups in total. The van der Waals surface area contributed by atoms with Gasteiger partial charge in [0, 0.05) is 10.9 Å². The van der Waals surface area contributed by atoms with Gasteiger partial charge in [0.15, 0.2) is 0 Å². The molecule has 0 aliphatic rings. The highest BCUT2D eigenvalue weighted by atomic mass is 32.2. The number of amides is 1. The van der Waals surface area contributed by atoms with Crippen LogP contribution in [0.2, 0.25) is 0 Å². The highest BCUT2D eigenvalue weighted by Gasteiger charge is 2.19. The predicted octanol–water partition coefficient (Wildman–Crippen LogP) is 2.11. The van der Waals surface area contributed by atoms with Crippen LogP contribution in [0.3, 0.4) is 0 Å². The Hall–Kier alpha value is -1.69. The fourth-order valence-electron chi connectivity index (χ4n) is 1.60. The maximum Gasteiger partial charge on any atom is 0.323 e. The van der Waals surface area contributed by atoms with E-state index in [0.717, 1.165) is 10.6 Å². The molecule has 0 aliphatic carbocycles. The van der Waals surface area contributed by atoms with Crippen molar-refractivity contribution in [2.24, 2.45) is 0 Å². The van der Waals surface area contributed by atoms with Crippen molar-refractivity contribution in [3.8, 4) is 5.75 Å². The number of benzene rings is 1. The zero-order chi connectivity index (χ0) is 15.1. The van der Waals surface area contributed by atoms with Gasteiger partial charge in [-0.25, -0.2) is 0 Å². The molecule has 0 spiro atoms. The van der Waals surface area contributed by atoms with E-state index in [1.807, 2.05) is 24.3 Å². The molecule has 6 heteroatoms. The number of carboxylic acid groups (broad SMARTS) is 1. The first-order chi connectivity index (χ1) is 9.43. The van der Waals surface area contributed by atoms with E-state index in [0.29, 0.717) is 0 Å². The van der Waals surface area contributed by atoms with Crippen LogP contribution in [0.4, 0.5) is 0 Å². The van der Waals surface area contributed by atoms with E-state index in [1.54, 1.807) is 21.0 Å². The lowest BCUT2D eigenvalue weighted by Crippen LogP contribution is -2.41. The topological polar surface area (TPSA) is 66.8 Å². The lowest BCUT2D eigenvalue weighted by atomic mass is 10.3. The number of carboxylic acids is 1. The van der Waals surface area contributed by atoms with Crippen molar-refractivity contribution in [2.45, 2.75) is 24.8 Å². The molecule has 0 aromatic heterocycles. The average molecular weight is 297 g/mol. The number of rotatable bonds is 7. The molecule has 0 saturated carbocycles. The van der Waals surface area contributed by atoms with E-state index in [9.17, 15) is 9.59 Å². The van der Waals surface area contributed by atoms with E-state index < -0.39 is 5.97 Å². The van der Waals surface area contributed by atoms with E-state index >= 15 is 0 Å². The molecule has 110 valence electrons. The van der Waals surface area contributed by atoms with Crippen LogP contribution < -0.4 is 4.74 Å². The van der Waals surface area contributed by atoms with E-state index in [4.69, 9.17) is 9.84 Å². The molecular formula is C14H19NO4S. The minimum atomic E-state index is -0.999. The van der Waals surface area contributed by atoms with Crippen LogP contribution in [-0.2, 0) is 9.59 Å². The van der Waals surface area contributed by atoms with Crippen molar-refractivity contribution in [1.29, 1.82) is 0 Å². The SMILES string of the molecule is COc1ccc(SCC(=O)N(CC(=O)O)C(C)C)cc1. The molecule has 1 rings (SSSR count). The number of carbonyl (C=O) groups is 2. The Morgan fingerprint density at radius 1 is 1.30 bits per heavy atom. The third kappa shape index (κ3) is 5.13. The van der Waals surface area contributed by atoms with Crippen molar-refractivity contribution in [3.63, 3.8) is 0 Å². The Morgan fingerprint density at radius 3 is 2.35 bits per heavy atom. The number of methoxy groups -OCH3 is 1. The van der Waals surface area contributed by atoms with Crippen LogP contribution in [0, 0.1) is 0 Å². The molecule has 0 heterocycles. The molecule has 1 amide bonds. The first kappa shape index (κ1) is 16.4. The van der Waals surface area contributed by atoms with Crippen molar-refractivity contribution in [3.05, 3.63) is 24.3 Å². The maximum absolute atomic E-state index is 12.0. The van der Waals surface area contributed by atoms with Crippen LogP contribution >= 0.6 is 11.8 Å². The molecule has 0 fully saturated rings. The first-order valence-electron chi connectivity index (χ1n) is 6.22. The monoisotopic (exact) mass is 297 g/mol. The summed E-state index contributed by atoms with van der Waals surface area (Å²) in [7, 11) is 1.60. The second-order valence-electron chi connectivity index (χ2n) is 4.47. The van der Waals surface area contributed by atoms with Crippen molar-refractivity contribution >= 4 is 23.6 Å². The summed E-state index contributed by atoms with van der Waals surface area (Å²) >= 11 is 1.38. The van der Waals surface area contributed by atoms with Gasteiger partial charge in [0.25, 0.3) is 0 Å². The fourth-order valence-corrected chi connectivity index (χ4v) is 2.39. The Morgan fingerprint density at radius 2 is 1.90 bits per heavy atom. The zero-order valence-electron chi connectivity index (χ0n) is 11.8. The van der Waals surface area contributed by atoms with Gasteiger partial charge in [-0.1, -0.05) is 0 Å². The van der Waals surface area contributed by atoms with Crippen LogP contribution in [-0.4, -0.2) is 47.3 Å². The molecule has 0 bridgehead atoms. The minimum Gasteiger partial charge on any atom is -0.497 e. The van der Waals surface area contributed by atoms with Gasteiger partial charge < -0.3 is 14.7 Å². The second-order valence-corrected chi connectivity index (χ2v) is 5.52. The number of hydrogen-bond acceptors (Lipinski definition) is 4. The largest absolute Gasteiger partial charge is 0.497 e. The molecule has 0 saturated heterocycles. The zero-order valence-corrected chi connectivity index (χ0v) is 12.6. The summed E-state index contributed by atoms with van der Waals surface area (Å²) in [6, 6.07) is 7.26. The number of hydrogen-bond donors (Lipinski definition) is 1. The van der Waals surface area contributed by atoms with Crippen molar-refractivity contribution < 1.29 is 19.4 Å². The predicted molar refractivity (Wildman–Crippen MR) is 78.2 cm³/mol. The summed E-state index contributed by atoms with van der Waals surface area (Å²) < 4.78 is 5.06. The normalized spacial score (nSPS) is 10.4. The van der Waals surface area contributed by atoms with Crippen molar-refractivity contribution in [1.82, 2.24) is 4.90 Å². The van der Waals surface area contributed by atoms with Crippen LogP contribution in [0.15, 0.2) is 29.2 Å². The first-order valence-corrected chi connectivity index (χ1v) is 7.20. The molecule has 0 atom stereocenters. The van der Waals surface area contributed by atoms with Crippen LogP contribution in [0.25, 0.3) is 0 Å². The van der Waals surface area contributed by atoms with Gasteiger partial charge in [-0.2, -0.15) is 0 Å². The van der Waals surface area contributed by atoms with Gasteiger partial charge in [-0.3, -0.25) is 9.59 Å². The Balaban J connectivity index is 2.57. The molecule has 20 heavy (non-hydrogen) atoms. The molecular weight excluding hydrogens is 278 g/mol. The maximum atomic E-state index is 12.0.